The summed E-state index contributed by atoms with van der Waals surface area (Å²) in [5.74, 6) is 0.906. The van der Waals surface area contributed by atoms with Crippen LogP contribution in [-0.2, 0) is 0 Å². The number of rotatable bonds is 7. The van der Waals surface area contributed by atoms with Crippen LogP contribution >= 0.6 is 11.8 Å². The van der Waals surface area contributed by atoms with Crippen LogP contribution < -0.4 is 15.0 Å². The van der Waals surface area contributed by atoms with Crippen molar-refractivity contribution in [2.45, 2.75) is 5.37 Å². The average Bonchev–Trinajstić information content (AvgIpc) is 3.44. The highest BCUT2D eigenvalue weighted by atomic mass is 32.2. The van der Waals surface area contributed by atoms with E-state index >= 15 is 0 Å². The van der Waals surface area contributed by atoms with E-state index in [1.54, 1.807) is 53.1 Å². The van der Waals surface area contributed by atoms with Gasteiger partial charge in [-0.2, -0.15) is 0 Å². The Morgan fingerprint density at radius 3 is 2.47 bits per heavy atom. The lowest BCUT2D eigenvalue weighted by Gasteiger charge is -2.36. The van der Waals surface area contributed by atoms with Gasteiger partial charge in [-0.15, -0.1) is 11.8 Å². The van der Waals surface area contributed by atoms with Gasteiger partial charge in [0, 0.05) is 61.8 Å². The molecule has 0 saturated carbocycles. The van der Waals surface area contributed by atoms with E-state index in [1.807, 2.05) is 36.4 Å². The highest BCUT2D eigenvalue weighted by molar-refractivity contribution is 7.99. The van der Waals surface area contributed by atoms with Crippen LogP contribution in [0.4, 0.5) is 14.9 Å². The highest BCUT2D eigenvalue weighted by Gasteiger charge is 2.33. The van der Waals surface area contributed by atoms with Gasteiger partial charge in [-0.1, -0.05) is 42.5 Å². The zero-order valence-electron chi connectivity index (χ0n) is 21.1. The van der Waals surface area contributed by atoms with Crippen LogP contribution in [0.15, 0.2) is 78.9 Å². The Morgan fingerprint density at radius 2 is 1.68 bits per heavy atom. The van der Waals surface area contributed by atoms with E-state index < -0.39 is 11.9 Å². The molecule has 1 atom stereocenters. The number of hydrogen-bond donors (Lipinski definition) is 1. The number of urea groups is 1. The van der Waals surface area contributed by atoms with Crippen molar-refractivity contribution >= 4 is 29.4 Å². The molecule has 5 rings (SSSR count). The molecule has 2 aliphatic rings. The molecule has 198 valence electrons. The Hall–Kier alpha value is -3.56. The normalized spacial score (nSPS) is 17.9. The Balaban J connectivity index is 1.15. The second-order valence-electron chi connectivity index (χ2n) is 9.24. The summed E-state index contributed by atoms with van der Waals surface area (Å²) in [6, 6.07) is 22.9. The fraction of sp³-hybridized carbons (Fsp3) is 0.310. The minimum absolute atomic E-state index is 0.212. The molecular formula is C29H31FN4O3S. The number of carbonyl (C=O) groups is 2. The average molecular weight is 535 g/mol. The molecule has 3 aromatic rings. The topological polar surface area (TPSA) is 65.1 Å². The summed E-state index contributed by atoms with van der Waals surface area (Å²) in [6.07, 6.45) is 0. The first-order chi connectivity index (χ1) is 18.6. The quantitative estimate of drug-likeness (QED) is 0.477. The van der Waals surface area contributed by atoms with Crippen molar-refractivity contribution in [3.8, 4) is 5.75 Å². The predicted octanol–water partition coefficient (Wildman–Crippen LogP) is 4.62. The van der Waals surface area contributed by atoms with E-state index in [0.717, 1.165) is 55.5 Å². The lowest BCUT2D eigenvalue weighted by Crippen LogP contribution is -2.47. The third-order valence-electron chi connectivity index (χ3n) is 6.80. The highest BCUT2D eigenvalue weighted by Crippen LogP contribution is 2.41. The molecule has 0 bridgehead atoms. The van der Waals surface area contributed by atoms with Crippen LogP contribution in [0.3, 0.4) is 0 Å². The van der Waals surface area contributed by atoms with Gasteiger partial charge >= 0.3 is 6.03 Å². The first-order valence-electron chi connectivity index (χ1n) is 12.8. The molecule has 0 radical (unpaired) electrons. The van der Waals surface area contributed by atoms with Gasteiger partial charge in [0.25, 0.3) is 5.91 Å². The van der Waals surface area contributed by atoms with E-state index in [1.165, 1.54) is 6.07 Å². The third kappa shape index (κ3) is 6.28. The Kier molecular flexibility index (Phi) is 8.45. The van der Waals surface area contributed by atoms with Crippen LogP contribution in [-0.4, -0.2) is 73.4 Å². The Bertz CT molecular complexity index is 1250. The van der Waals surface area contributed by atoms with Gasteiger partial charge in [0.15, 0.2) is 0 Å². The van der Waals surface area contributed by atoms with Crippen molar-refractivity contribution in [1.82, 2.24) is 15.1 Å². The first kappa shape index (κ1) is 26.1. The summed E-state index contributed by atoms with van der Waals surface area (Å²) in [4.78, 5) is 31.8. The van der Waals surface area contributed by atoms with Gasteiger partial charge in [-0.25, -0.2) is 9.18 Å². The van der Waals surface area contributed by atoms with Crippen LogP contribution in [0, 0.1) is 5.82 Å². The molecule has 2 saturated heterocycles. The summed E-state index contributed by atoms with van der Waals surface area (Å²) >= 11 is 1.66. The molecule has 0 aliphatic carbocycles. The van der Waals surface area contributed by atoms with E-state index in [-0.39, 0.29) is 11.2 Å². The monoisotopic (exact) mass is 534 g/mol. The second kappa shape index (κ2) is 12.3. The molecule has 7 nitrogen and oxygen atoms in total. The molecule has 0 spiro atoms. The molecule has 2 heterocycles. The zero-order chi connectivity index (χ0) is 26.3. The number of carbonyl (C=O) groups excluding carboxylic acids is 2. The maximum Gasteiger partial charge on any atom is 0.325 e. The summed E-state index contributed by atoms with van der Waals surface area (Å²) in [6.45, 7) is 5.28. The van der Waals surface area contributed by atoms with Gasteiger partial charge in [-0.05, 0) is 36.4 Å². The lowest BCUT2D eigenvalue weighted by molar-refractivity contribution is 0.0952. The number of thioether (sulfide) groups is 1. The summed E-state index contributed by atoms with van der Waals surface area (Å²) in [5.41, 5.74) is 2.29. The van der Waals surface area contributed by atoms with Gasteiger partial charge in [0.2, 0.25) is 0 Å². The van der Waals surface area contributed by atoms with Crippen molar-refractivity contribution in [1.29, 1.82) is 0 Å². The minimum Gasteiger partial charge on any atom is -0.492 e. The predicted molar refractivity (Wildman–Crippen MR) is 148 cm³/mol. The van der Waals surface area contributed by atoms with Crippen LogP contribution in [0.2, 0.25) is 0 Å². The number of ether oxygens (including phenoxy) is 1. The van der Waals surface area contributed by atoms with E-state index in [4.69, 9.17) is 4.74 Å². The van der Waals surface area contributed by atoms with Gasteiger partial charge in [-0.3, -0.25) is 15.0 Å². The maximum atomic E-state index is 13.6. The standard InChI is InChI=1S/C29H31FN4O3S/c30-23-9-6-10-24(21-23)33-15-13-32(14-16-33)17-19-37-26-12-5-4-11-25(26)28-34(18-20-38-28)29(36)31-27(35)22-7-2-1-3-8-22/h1-12,21,28H,13-20H2,(H,31,35,36). The van der Waals surface area contributed by atoms with E-state index in [9.17, 15) is 14.0 Å². The maximum absolute atomic E-state index is 13.6. The minimum atomic E-state index is -0.409. The van der Waals surface area contributed by atoms with Crippen molar-refractivity contribution < 1.29 is 18.7 Å². The number of piperazine rings is 1. The second-order valence-corrected chi connectivity index (χ2v) is 10.4. The molecule has 1 N–H and O–H groups in total. The van der Waals surface area contributed by atoms with E-state index in [2.05, 4.69) is 15.1 Å². The number of imide groups is 1. The van der Waals surface area contributed by atoms with Gasteiger partial charge in [0.05, 0.1) is 0 Å². The fourth-order valence-electron chi connectivity index (χ4n) is 4.77. The number of halogens is 1. The number of anilines is 1. The number of nitrogens with zero attached hydrogens (tertiary/aromatic N) is 3. The number of para-hydroxylation sites is 1. The Morgan fingerprint density at radius 1 is 0.921 bits per heavy atom. The number of amides is 3. The molecule has 1 unspecified atom stereocenters. The molecule has 2 fully saturated rings. The van der Waals surface area contributed by atoms with Crippen molar-refractivity contribution in [3.05, 3.63) is 95.8 Å². The largest absolute Gasteiger partial charge is 0.492 e. The van der Waals surface area contributed by atoms with E-state index in [0.29, 0.717) is 18.7 Å². The van der Waals surface area contributed by atoms with Crippen LogP contribution in [0.1, 0.15) is 21.3 Å². The van der Waals surface area contributed by atoms with Crippen molar-refractivity contribution in [2.75, 3.05) is 56.5 Å². The third-order valence-corrected chi connectivity index (χ3v) is 8.05. The molecular weight excluding hydrogens is 503 g/mol. The van der Waals surface area contributed by atoms with Crippen molar-refractivity contribution in [2.24, 2.45) is 0 Å². The van der Waals surface area contributed by atoms with Gasteiger partial charge in [0.1, 0.15) is 23.5 Å². The Labute approximate surface area is 226 Å². The number of nitrogens with one attached hydrogen (secondary N) is 1. The molecule has 3 aromatic carbocycles. The fourth-order valence-corrected chi connectivity index (χ4v) is 6.05. The molecule has 9 heteroatoms. The number of benzene rings is 3. The number of hydrogen-bond acceptors (Lipinski definition) is 6. The van der Waals surface area contributed by atoms with Crippen LogP contribution in [0.25, 0.3) is 0 Å². The summed E-state index contributed by atoms with van der Waals surface area (Å²) < 4.78 is 19.8. The molecule has 3 amide bonds. The molecule has 0 aromatic heterocycles. The molecule has 38 heavy (non-hydrogen) atoms. The van der Waals surface area contributed by atoms with Crippen LogP contribution in [0.5, 0.6) is 5.75 Å². The SMILES string of the molecule is O=C(NC(=O)N1CCSC1c1ccccc1OCCN1CCN(c2cccc(F)c2)CC1)c1ccccc1. The zero-order valence-corrected chi connectivity index (χ0v) is 21.9. The summed E-state index contributed by atoms with van der Waals surface area (Å²) in [5, 5.41) is 2.29. The molecule has 2 aliphatic heterocycles. The summed E-state index contributed by atoms with van der Waals surface area (Å²) in [7, 11) is 0. The first-order valence-corrected chi connectivity index (χ1v) is 13.9. The smallest absolute Gasteiger partial charge is 0.325 e. The van der Waals surface area contributed by atoms with Crippen molar-refractivity contribution in [3.63, 3.8) is 0 Å². The van der Waals surface area contributed by atoms with Gasteiger partial charge < -0.3 is 14.5 Å². The lowest BCUT2D eigenvalue weighted by atomic mass is 10.2.